The first-order valence-electron chi connectivity index (χ1n) is 7.78. The zero-order valence-corrected chi connectivity index (χ0v) is 14.5. The van der Waals surface area contributed by atoms with Crippen LogP contribution in [0.25, 0.3) is 0 Å². The zero-order chi connectivity index (χ0) is 14.9. The SMILES string of the molecule is CSC1(CN2C(=O)CNC2c2ccc(C)s2)CCCCC1. The summed E-state index contributed by atoms with van der Waals surface area (Å²) in [6.45, 7) is 3.49. The van der Waals surface area contributed by atoms with E-state index < -0.39 is 0 Å². The highest BCUT2D eigenvalue weighted by molar-refractivity contribution is 8.00. The summed E-state index contributed by atoms with van der Waals surface area (Å²) in [6, 6.07) is 4.31. The second-order valence-corrected chi connectivity index (χ2v) is 8.80. The number of carbonyl (C=O) groups excluding carboxylic acids is 1. The fraction of sp³-hybridized carbons (Fsp3) is 0.688. The van der Waals surface area contributed by atoms with Crippen LogP contribution in [0, 0.1) is 6.92 Å². The number of carbonyl (C=O) groups is 1. The van der Waals surface area contributed by atoms with Crippen molar-refractivity contribution in [3.05, 3.63) is 21.9 Å². The van der Waals surface area contributed by atoms with Crippen LogP contribution in [0.2, 0.25) is 0 Å². The van der Waals surface area contributed by atoms with Crippen molar-refractivity contribution in [1.29, 1.82) is 0 Å². The lowest BCUT2D eigenvalue weighted by Crippen LogP contribution is -2.44. The van der Waals surface area contributed by atoms with Gasteiger partial charge in [-0.15, -0.1) is 11.3 Å². The van der Waals surface area contributed by atoms with Crippen molar-refractivity contribution in [2.45, 2.75) is 49.9 Å². The first-order chi connectivity index (χ1) is 10.1. The Balaban J connectivity index is 1.79. The predicted octanol–water partition coefficient (Wildman–Crippen LogP) is 3.55. The number of aryl methyl sites for hydroxylation is 1. The Hall–Kier alpha value is -0.520. The lowest BCUT2D eigenvalue weighted by molar-refractivity contribution is -0.128. The van der Waals surface area contributed by atoms with E-state index in [4.69, 9.17) is 0 Å². The molecule has 0 spiro atoms. The van der Waals surface area contributed by atoms with Crippen LogP contribution in [0.1, 0.15) is 48.0 Å². The Labute approximate surface area is 135 Å². The van der Waals surface area contributed by atoms with Crippen LogP contribution >= 0.6 is 23.1 Å². The summed E-state index contributed by atoms with van der Waals surface area (Å²) in [5, 5.41) is 3.39. The lowest BCUT2D eigenvalue weighted by atomic mass is 9.87. The molecule has 3 rings (SSSR count). The van der Waals surface area contributed by atoms with Crippen LogP contribution in [0.3, 0.4) is 0 Å². The lowest BCUT2D eigenvalue weighted by Gasteiger charge is -2.40. The van der Waals surface area contributed by atoms with Gasteiger partial charge in [0.05, 0.1) is 6.54 Å². The molecule has 3 nitrogen and oxygen atoms in total. The van der Waals surface area contributed by atoms with Gasteiger partial charge in [-0.1, -0.05) is 19.3 Å². The standard InChI is InChI=1S/C16H24N2OS2/c1-12-6-7-13(21-12)15-17-10-14(19)18(15)11-16(20-2)8-4-3-5-9-16/h6-7,15,17H,3-5,8-11H2,1-2H3. The topological polar surface area (TPSA) is 32.3 Å². The Kier molecular flexibility index (Phi) is 4.62. The van der Waals surface area contributed by atoms with Gasteiger partial charge in [-0.05, 0) is 38.2 Å². The maximum atomic E-state index is 12.4. The minimum Gasteiger partial charge on any atom is -0.320 e. The molecule has 5 heteroatoms. The monoisotopic (exact) mass is 324 g/mol. The van der Waals surface area contributed by atoms with Gasteiger partial charge in [0.25, 0.3) is 0 Å². The van der Waals surface area contributed by atoms with E-state index in [9.17, 15) is 4.79 Å². The number of thioether (sulfide) groups is 1. The molecule has 116 valence electrons. The third-order valence-corrected chi connectivity index (χ3v) is 7.22. The molecule has 0 radical (unpaired) electrons. The number of nitrogens with one attached hydrogen (secondary N) is 1. The molecule has 1 aromatic rings. The smallest absolute Gasteiger partial charge is 0.238 e. The Morgan fingerprint density at radius 3 is 2.76 bits per heavy atom. The number of rotatable bonds is 4. The second kappa shape index (κ2) is 6.31. The summed E-state index contributed by atoms with van der Waals surface area (Å²) < 4.78 is 0.268. The first kappa shape index (κ1) is 15.4. The number of hydrogen-bond donors (Lipinski definition) is 1. The highest BCUT2D eigenvalue weighted by atomic mass is 32.2. The van der Waals surface area contributed by atoms with Crippen LogP contribution in [0.5, 0.6) is 0 Å². The molecular weight excluding hydrogens is 300 g/mol. The Bertz CT molecular complexity index is 508. The molecule has 2 aliphatic rings. The van der Waals surface area contributed by atoms with Gasteiger partial charge in [0, 0.05) is 21.0 Å². The van der Waals surface area contributed by atoms with Crippen molar-refractivity contribution >= 4 is 29.0 Å². The van der Waals surface area contributed by atoms with Crippen LogP contribution in [0.4, 0.5) is 0 Å². The molecule has 2 heterocycles. The molecule has 0 aromatic carbocycles. The number of hydrogen-bond acceptors (Lipinski definition) is 4. The van der Waals surface area contributed by atoms with Gasteiger partial charge >= 0.3 is 0 Å². The number of thiophene rings is 1. The molecule has 1 aliphatic carbocycles. The van der Waals surface area contributed by atoms with E-state index in [-0.39, 0.29) is 16.8 Å². The summed E-state index contributed by atoms with van der Waals surface area (Å²) in [5.74, 6) is 0.255. The van der Waals surface area contributed by atoms with Gasteiger partial charge in [-0.3, -0.25) is 10.1 Å². The zero-order valence-electron chi connectivity index (χ0n) is 12.9. The highest BCUT2D eigenvalue weighted by Crippen LogP contribution is 2.41. The summed E-state index contributed by atoms with van der Waals surface area (Å²) in [7, 11) is 0. The van der Waals surface area contributed by atoms with Crippen molar-refractivity contribution < 1.29 is 4.79 Å². The van der Waals surface area contributed by atoms with Crippen molar-refractivity contribution in [3.8, 4) is 0 Å². The second-order valence-electron chi connectivity index (χ2n) is 6.20. The summed E-state index contributed by atoms with van der Waals surface area (Å²) in [5.41, 5.74) is 0. The molecular formula is C16H24N2OS2. The van der Waals surface area contributed by atoms with Gasteiger partial charge in [0.1, 0.15) is 6.17 Å². The molecule has 1 amide bonds. The van der Waals surface area contributed by atoms with E-state index in [1.807, 2.05) is 11.8 Å². The van der Waals surface area contributed by atoms with E-state index in [1.54, 1.807) is 11.3 Å². The fourth-order valence-corrected chi connectivity index (χ4v) is 5.44. The largest absolute Gasteiger partial charge is 0.320 e. The normalized spacial score (nSPS) is 25.5. The van der Waals surface area contributed by atoms with Crippen molar-refractivity contribution in [1.82, 2.24) is 10.2 Å². The van der Waals surface area contributed by atoms with E-state index in [1.165, 1.54) is 41.9 Å². The molecule has 1 N–H and O–H groups in total. The Morgan fingerprint density at radius 1 is 1.38 bits per heavy atom. The van der Waals surface area contributed by atoms with Gasteiger partial charge in [-0.25, -0.2) is 0 Å². The fourth-order valence-electron chi connectivity index (χ4n) is 3.51. The Morgan fingerprint density at radius 2 is 2.14 bits per heavy atom. The molecule has 0 bridgehead atoms. The first-order valence-corrected chi connectivity index (χ1v) is 9.82. The average Bonchev–Trinajstić information content (AvgIpc) is 3.07. The van der Waals surface area contributed by atoms with Crippen LogP contribution in [-0.4, -0.2) is 34.9 Å². The number of amides is 1. The van der Waals surface area contributed by atoms with Crippen LogP contribution in [0.15, 0.2) is 12.1 Å². The summed E-state index contributed by atoms with van der Waals surface area (Å²) in [6.07, 6.45) is 8.74. The van der Waals surface area contributed by atoms with Crippen molar-refractivity contribution in [2.24, 2.45) is 0 Å². The molecule has 1 atom stereocenters. The van der Waals surface area contributed by atoms with E-state index >= 15 is 0 Å². The van der Waals surface area contributed by atoms with Gasteiger partial charge in [0.15, 0.2) is 0 Å². The number of nitrogens with zero attached hydrogens (tertiary/aromatic N) is 1. The molecule has 21 heavy (non-hydrogen) atoms. The highest BCUT2D eigenvalue weighted by Gasteiger charge is 2.40. The average molecular weight is 325 g/mol. The van der Waals surface area contributed by atoms with Gasteiger partial charge in [0.2, 0.25) is 5.91 Å². The van der Waals surface area contributed by atoms with E-state index in [0.717, 1.165) is 6.54 Å². The quantitative estimate of drug-likeness (QED) is 0.919. The third kappa shape index (κ3) is 3.15. The van der Waals surface area contributed by atoms with Crippen LogP contribution in [-0.2, 0) is 4.79 Å². The van der Waals surface area contributed by atoms with Gasteiger partial charge in [-0.2, -0.15) is 11.8 Å². The molecule has 1 unspecified atom stereocenters. The maximum Gasteiger partial charge on any atom is 0.238 e. The summed E-state index contributed by atoms with van der Waals surface area (Å²) in [4.78, 5) is 17.0. The molecule has 1 saturated carbocycles. The predicted molar refractivity (Wildman–Crippen MR) is 90.8 cm³/mol. The molecule has 1 aliphatic heterocycles. The molecule has 2 fully saturated rings. The van der Waals surface area contributed by atoms with E-state index in [2.05, 4.69) is 35.5 Å². The third-order valence-electron chi connectivity index (χ3n) is 4.77. The minimum atomic E-state index is 0.0853. The maximum absolute atomic E-state index is 12.4. The van der Waals surface area contributed by atoms with Gasteiger partial charge < -0.3 is 4.90 Å². The molecule has 1 saturated heterocycles. The summed E-state index contributed by atoms with van der Waals surface area (Å²) >= 11 is 3.76. The minimum absolute atomic E-state index is 0.0853. The van der Waals surface area contributed by atoms with Crippen LogP contribution < -0.4 is 5.32 Å². The van der Waals surface area contributed by atoms with Crippen molar-refractivity contribution in [2.75, 3.05) is 19.3 Å². The molecule has 1 aromatic heterocycles. The van der Waals surface area contributed by atoms with E-state index in [0.29, 0.717) is 6.54 Å². The van der Waals surface area contributed by atoms with Crippen molar-refractivity contribution in [3.63, 3.8) is 0 Å².